The van der Waals surface area contributed by atoms with E-state index in [1.54, 1.807) is 12.2 Å². The topological polar surface area (TPSA) is 94.5 Å². The molecule has 0 fully saturated rings. The molecule has 0 spiro atoms. The van der Waals surface area contributed by atoms with Gasteiger partial charge in [-0.15, -0.1) is 0 Å². The van der Waals surface area contributed by atoms with E-state index in [1.807, 2.05) is 0 Å². The first-order valence-electron chi connectivity index (χ1n) is 7.48. The molecule has 2 aliphatic rings. The molecule has 1 aromatic rings. The highest BCUT2D eigenvalue weighted by Crippen LogP contribution is 2.41. The van der Waals surface area contributed by atoms with Crippen molar-refractivity contribution in [3.05, 3.63) is 53.3 Å². The first-order valence-corrected chi connectivity index (χ1v) is 7.48. The van der Waals surface area contributed by atoms with Crippen LogP contribution in [0, 0.1) is 0 Å². The maximum Gasteiger partial charge on any atom is 0.206 e. The van der Waals surface area contributed by atoms with Gasteiger partial charge in [0.25, 0.3) is 0 Å². The number of ketones is 1. The maximum atomic E-state index is 12.7. The summed E-state index contributed by atoms with van der Waals surface area (Å²) < 4.78 is 21.2. The highest BCUT2D eigenvalue weighted by molar-refractivity contribution is 6.07. The maximum absolute atomic E-state index is 12.7. The van der Waals surface area contributed by atoms with Gasteiger partial charge in [0.05, 0.1) is 7.11 Å². The van der Waals surface area contributed by atoms with Crippen molar-refractivity contribution >= 4 is 5.78 Å². The zero-order valence-corrected chi connectivity index (χ0v) is 14.0. The summed E-state index contributed by atoms with van der Waals surface area (Å²) in [7, 11) is 4.19. The second kappa shape index (κ2) is 6.36. The van der Waals surface area contributed by atoms with Crippen molar-refractivity contribution in [3.63, 3.8) is 0 Å². The number of benzene rings is 1. The molecule has 1 heterocycles. The van der Waals surface area contributed by atoms with Crippen molar-refractivity contribution in [1.82, 2.24) is 0 Å². The minimum atomic E-state index is -1.51. The molecular weight excluding hydrogens is 328 g/mol. The summed E-state index contributed by atoms with van der Waals surface area (Å²) in [6, 6.07) is 2.85. The third kappa shape index (κ3) is 2.93. The molecule has 3 rings (SSSR count). The lowest BCUT2D eigenvalue weighted by atomic mass is 9.95. The van der Waals surface area contributed by atoms with Crippen LogP contribution in [0.15, 0.2) is 47.8 Å². The van der Waals surface area contributed by atoms with Crippen molar-refractivity contribution in [2.24, 2.45) is 0 Å². The highest BCUT2D eigenvalue weighted by atomic mass is 16.6. The van der Waals surface area contributed by atoms with Crippen LogP contribution in [0.3, 0.4) is 0 Å². The van der Waals surface area contributed by atoms with E-state index >= 15 is 0 Å². The number of hydrogen-bond donors (Lipinski definition) is 2. The number of Topliss-reactive ketones (excluding diaryl/α,β-unsaturated/α-hetero) is 1. The number of methoxy groups -OCH3 is 3. The van der Waals surface area contributed by atoms with E-state index < -0.39 is 17.7 Å². The summed E-state index contributed by atoms with van der Waals surface area (Å²) in [4.78, 5) is 12.7. The normalized spacial score (nSPS) is 25.0. The monoisotopic (exact) mass is 346 g/mol. The fraction of sp³-hybridized carbons (Fsp3) is 0.278. The molecule has 7 heteroatoms. The Morgan fingerprint density at radius 3 is 2.40 bits per heavy atom. The second-order valence-corrected chi connectivity index (χ2v) is 5.54. The minimum Gasteiger partial charge on any atom is -0.507 e. The van der Waals surface area contributed by atoms with Gasteiger partial charge in [0.2, 0.25) is 11.6 Å². The van der Waals surface area contributed by atoms with Gasteiger partial charge in [0, 0.05) is 31.9 Å². The number of carbonyl (C=O) groups is 1. The molecule has 0 saturated heterocycles. The summed E-state index contributed by atoms with van der Waals surface area (Å²) >= 11 is 0. The SMILES string of the molecule is COc1cc(O)c2c(c1)OC(=C1C=CC(O)(OC)C=C1)C(OC)C2=O. The standard InChI is InChI=1S/C18H18O7/c1-22-11-8-12(19)14-13(9-11)25-16(17(23-2)15(14)20)10-4-6-18(21,24-3)7-5-10/h4-9,17,19,21H,1-3H3. The van der Waals surface area contributed by atoms with Crippen LogP contribution in [0.2, 0.25) is 0 Å². The number of ether oxygens (including phenoxy) is 4. The zero-order valence-electron chi connectivity index (χ0n) is 14.0. The van der Waals surface area contributed by atoms with E-state index in [4.69, 9.17) is 18.9 Å². The van der Waals surface area contributed by atoms with Gasteiger partial charge in [-0.1, -0.05) is 0 Å². The number of phenolic OH excluding ortho intramolecular Hbond substituents is 1. The summed E-state index contributed by atoms with van der Waals surface area (Å²) in [6.45, 7) is 0. The molecule has 25 heavy (non-hydrogen) atoms. The summed E-state index contributed by atoms with van der Waals surface area (Å²) in [5, 5.41) is 20.1. The van der Waals surface area contributed by atoms with Gasteiger partial charge in [-0.2, -0.15) is 0 Å². The first kappa shape index (κ1) is 17.2. The van der Waals surface area contributed by atoms with Crippen molar-refractivity contribution in [1.29, 1.82) is 0 Å². The highest BCUT2D eigenvalue weighted by Gasteiger charge is 2.38. The fourth-order valence-corrected chi connectivity index (χ4v) is 2.70. The number of phenols is 1. The van der Waals surface area contributed by atoms with Gasteiger partial charge in [0.15, 0.2) is 6.10 Å². The summed E-state index contributed by atoms with van der Waals surface area (Å²) in [5.74, 6) is -1.40. The fourth-order valence-electron chi connectivity index (χ4n) is 2.70. The Morgan fingerprint density at radius 1 is 1.16 bits per heavy atom. The summed E-state index contributed by atoms with van der Waals surface area (Å²) in [5.41, 5.74) is 0.573. The van der Waals surface area contributed by atoms with E-state index in [0.717, 1.165) is 0 Å². The molecule has 0 saturated carbocycles. The van der Waals surface area contributed by atoms with Gasteiger partial charge in [-0.05, 0) is 24.3 Å². The van der Waals surface area contributed by atoms with Crippen molar-refractivity contribution in [3.8, 4) is 17.2 Å². The van der Waals surface area contributed by atoms with Crippen LogP contribution in [-0.4, -0.2) is 49.2 Å². The Hall–Kier alpha value is -2.61. The Balaban J connectivity index is 2.10. The molecule has 132 valence electrons. The quantitative estimate of drug-likeness (QED) is 0.805. The van der Waals surface area contributed by atoms with Crippen LogP contribution in [-0.2, 0) is 9.47 Å². The molecule has 2 N–H and O–H groups in total. The van der Waals surface area contributed by atoms with Crippen LogP contribution in [0.4, 0.5) is 0 Å². The largest absolute Gasteiger partial charge is 0.507 e. The molecule has 1 aliphatic heterocycles. The smallest absolute Gasteiger partial charge is 0.206 e. The number of aromatic hydroxyl groups is 1. The first-order chi connectivity index (χ1) is 11.9. The van der Waals surface area contributed by atoms with E-state index in [-0.39, 0.29) is 22.8 Å². The van der Waals surface area contributed by atoms with Gasteiger partial charge < -0.3 is 29.2 Å². The zero-order chi connectivity index (χ0) is 18.2. The number of aliphatic hydroxyl groups is 1. The molecule has 1 aliphatic carbocycles. The third-order valence-corrected chi connectivity index (χ3v) is 4.08. The van der Waals surface area contributed by atoms with E-state index in [9.17, 15) is 15.0 Å². The predicted octanol–water partition coefficient (Wildman–Crippen LogP) is 1.71. The number of hydrogen-bond acceptors (Lipinski definition) is 7. The average molecular weight is 346 g/mol. The van der Waals surface area contributed by atoms with Crippen molar-refractivity contribution in [2.45, 2.75) is 11.9 Å². The van der Waals surface area contributed by atoms with Gasteiger partial charge in [-0.25, -0.2) is 0 Å². The molecule has 0 bridgehead atoms. The number of rotatable bonds is 3. The minimum absolute atomic E-state index is 0.0363. The molecule has 0 amide bonds. The second-order valence-electron chi connectivity index (χ2n) is 5.54. The Labute approximate surface area is 144 Å². The predicted molar refractivity (Wildman–Crippen MR) is 87.7 cm³/mol. The van der Waals surface area contributed by atoms with Crippen LogP contribution < -0.4 is 9.47 Å². The molecular formula is C18H18O7. The molecule has 0 aromatic heterocycles. The number of carbonyl (C=O) groups excluding carboxylic acids is 1. The van der Waals surface area contributed by atoms with Gasteiger partial charge >= 0.3 is 0 Å². The van der Waals surface area contributed by atoms with Crippen LogP contribution >= 0.6 is 0 Å². The molecule has 0 radical (unpaired) electrons. The molecule has 1 unspecified atom stereocenters. The summed E-state index contributed by atoms with van der Waals surface area (Å²) in [6.07, 6.45) is 4.97. The van der Waals surface area contributed by atoms with Crippen molar-refractivity contribution < 1.29 is 34.0 Å². The third-order valence-electron chi connectivity index (χ3n) is 4.08. The molecule has 7 nitrogen and oxygen atoms in total. The lowest BCUT2D eigenvalue weighted by molar-refractivity contribution is -0.106. The number of allylic oxidation sites excluding steroid dienone is 3. The van der Waals surface area contributed by atoms with E-state index in [0.29, 0.717) is 11.3 Å². The average Bonchev–Trinajstić information content (AvgIpc) is 2.61. The Bertz CT molecular complexity index is 788. The lowest BCUT2D eigenvalue weighted by Crippen LogP contribution is -2.34. The Kier molecular flexibility index (Phi) is 4.38. The van der Waals surface area contributed by atoms with E-state index in [2.05, 4.69) is 0 Å². The van der Waals surface area contributed by atoms with Crippen LogP contribution in [0.5, 0.6) is 17.2 Å². The van der Waals surface area contributed by atoms with E-state index in [1.165, 1.54) is 45.6 Å². The van der Waals surface area contributed by atoms with Gasteiger partial charge in [0.1, 0.15) is 28.6 Å². The molecule has 1 atom stereocenters. The Morgan fingerprint density at radius 2 is 1.84 bits per heavy atom. The van der Waals surface area contributed by atoms with Crippen LogP contribution in [0.1, 0.15) is 10.4 Å². The lowest BCUT2D eigenvalue weighted by Gasteiger charge is -2.29. The number of fused-ring (bicyclic) bond motifs is 1. The van der Waals surface area contributed by atoms with Crippen molar-refractivity contribution in [2.75, 3.05) is 21.3 Å². The van der Waals surface area contributed by atoms with Gasteiger partial charge in [-0.3, -0.25) is 4.79 Å². The molecule has 1 aromatic carbocycles. The van der Waals surface area contributed by atoms with Crippen LogP contribution in [0.25, 0.3) is 0 Å².